The van der Waals surface area contributed by atoms with E-state index in [4.69, 9.17) is 5.73 Å². The number of carbonyl (C=O) groups is 1. The normalized spacial score (nSPS) is 15.9. The second kappa shape index (κ2) is 8.35. The molecule has 3 N–H and O–H groups in total. The molecule has 2 rings (SSSR count). The lowest BCUT2D eigenvalue weighted by atomic mass is 9.96. The molecule has 1 saturated heterocycles. The van der Waals surface area contributed by atoms with E-state index in [1.807, 2.05) is 25.1 Å². The van der Waals surface area contributed by atoms with Gasteiger partial charge in [-0.1, -0.05) is 6.07 Å². The summed E-state index contributed by atoms with van der Waals surface area (Å²) in [4.78, 5) is 14.4. The van der Waals surface area contributed by atoms with Crippen molar-refractivity contribution < 1.29 is 4.79 Å². The van der Waals surface area contributed by atoms with Gasteiger partial charge >= 0.3 is 0 Å². The van der Waals surface area contributed by atoms with Crippen LogP contribution in [0.1, 0.15) is 18.4 Å². The number of likely N-dealkylation sites (tertiary alicyclic amines) is 1. The lowest BCUT2D eigenvalue weighted by molar-refractivity contribution is -0.121. The van der Waals surface area contributed by atoms with Gasteiger partial charge in [-0.2, -0.15) is 0 Å². The van der Waals surface area contributed by atoms with Crippen LogP contribution in [0.5, 0.6) is 0 Å². The average Bonchev–Trinajstić information content (AvgIpc) is 2.34. The summed E-state index contributed by atoms with van der Waals surface area (Å²) in [5.74, 6) is 0.249. The number of hydrogen-bond donors (Lipinski definition) is 2. The molecule has 1 heterocycles. The summed E-state index contributed by atoms with van der Waals surface area (Å²) in [5.41, 5.74) is 8.30. The van der Waals surface area contributed by atoms with Gasteiger partial charge in [0.2, 0.25) is 5.91 Å². The lowest BCUT2D eigenvalue weighted by Gasteiger charge is -2.28. The molecule has 1 aliphatic heterocycles. The standard InChI is InChI=1S/C14H21N3O.2ClH/c1-10-3-4-12(15)9-13(10)16-14(18)11-5-7-17(2)8-6-11;;/h3-4,9,11H,5-8,15H2,1-2H3,(H,16,18);2*1H. The Morgan fingerprint density at radius 2 is 1.90 bits per heavy atom. The maximum atomic E-state index is 12.2. The van der Waals surface area contributed by atoms with Gasteiger partial charge in [0.1, 0.15) is 0 Å². The number of piperidine rings is 1. The van der Waals surface area contributed by atoms with Crippen molar-refractivity contribution in [1.82, 2.24) is 4.90 Å². The van der Waals surface area contributed by atoms with Crippen molar-refractivity contribution in [3.63, 3.8) is 0 Å². The highest BCUT2D eigenvalue weighted by molar-refractivity contribution is 5.93. The molecule has 4 nitrogen and oxygen atoms in total. The summed E-state index contributed by atoms with van der Waals surface area (Å²) in [5, 5.41) is 3.00. The van der Waals surface area contributed by atoms with Gasteiger partial charge in [0.15, 0.2) is 0 Å². The van der Waals surface area contributed by atoms with Crippen LogP contribution in [0, 0.1) is 12.8 Å². The number of aryl methyl sites for hydroxylation is 1. The second-order valence-electron chi connectivity index (χ2n) is 5.14. The van der Waals surface area contributed by atoms with Crippen molar-refractivity contribution in [1.29, 1.82) is 0 Å². The maximum absolute atomic E-state index is 12.2. The average molecular weight is 320 g/mol. The number of rotatable bonds is 2. The van der Waals surface area contributed by atoms with Gasteiger partial charge in [-0.15, -0.1) is 24.8 Å². The Balaban J connectivity index is 0.00000180. The van der Waals surface area contributed by atoms with E-state index >= 15 is 0 Å². The summed E-state index contributed by atoms with van der Waals surface area (Å²) in [7, 11) is 2.09. The molecule has 20 heavy (non-hydrogen) atoms. The van der Waals surface area contributed by atoms with Gasteiger partial charge in [0.05, 0.1) is 0 Å². The molecule has 6 heteroatoms. The van der Waals surface area contributed by atoms with Gasteiger partial charge in [0.25, 0.3) is 0 Å². The zero-order valence-electron chi connectivity index (χ0n) is 11.9. The minimum Gasteiger partial charge on any atom is -0.399 e. The highest BCUT2D eigenvalue weighted by Crippen LogP contribution is 2.22. The first-order valence-electron chi connectivity index (χ1n) is 6.42. The van der Waals surface area contributed by atoms with E-state index in [1.54, 1.807) is 0 Å². The number of benzene rings is 1. The van der Waals surface area contributed by atoms with Crippen LogP contribution in [-0.2, 0) is 4.79 Å². The number of carbonyl (C=O) groups excluding carboxylic acids is 1. The SMILES string of the molecule is Cc1ccc(N)cc1NC(=O)C1CCN(C)CC1.Cl.Cl. The molecule has 1 aliphatic rings. The number of nitrogens with zero attached hydrogens (tertiary/aromatic N) is 1. The van der Waals surface area contributed by atoms with E-state index in [0.717, 1.165) is 37.2 Å². The fraction of sp³-hybridized carbons (Fsp3) is 0.500. The predicted octanol–water partition coefficient (Wildman–Crippen LogP) is 2.70. The number of anilines is 2. The zero-order valence-corrected chi connectivity index (χ0v) is 13.5. The molecule has 0 spiro atoms. The maximum Gasteiger partial charge on any atom is 0.227 e. The minimum atomic E-state index is 0. The number of halogens is 2. The van der Waals surface area contributed by atoms with Gasteiger partial charge in [0, 0.05) is 17.3 Å². The molecular weight excluding hydrogens is 297 g/mol. The van der Waals surface area contributed by atoms with E-state index < -0.39 is 0 Å². The highest BCUT2D eigenvalue weighted by Gasteiger charge is 2.23. The summed E-state index contributed by atoms with van der Waals surface area (Å²) in [6, 6.07) is 5.60. The van der Waals surface area contributed by atoms with Crippen molar-refractivity contribution in [3.05, 3.63) is 23.8 Å². The number of nitrogens with one attached hydrogen (secondary N) is 1. The first-order valence-corrected chi connectivity index (χ1v) is 6.42. The van der Waals surface area contributed by atoms with Crippen molar-refractivity contribution >= 4 is 42.1 Å². The summed E-state index contributed by atoms with van der Waals surface area (Å²) in [6.45, 7) is 3.96. The van der Waals surface area contributed by atoms with Crippen LogP contribution in [0.15, 0.2) is 18.2 Å². The Labute approximate surface area is 132 Å². The Morgan fingerprint density at radius 3 is 2.50 bits per heavy atom. The largest absolute Gasteiger partial charge is 0.399 e. The van der Waals surface area contributed by atoms with E-state index in [9.17, 15) is 4.79 Å². The number of nitrogens with two attached hydrogens (primary N) is 1. The van der Waals surface area contributed by atoms with Crippen LogP contribution in [0.3, 0.4) is 0 Å². The van der Waals surface area contributed by atoms with Crippen LogP contribution in [0.4, 0.5) is 11.4 Å². The van der Waals surface area contributed by atoms with Crippen LogP contribution < -0.4 is 11.1 Å². The van der Waals surface area contributed by atoms with Crippen molar-refractivity contribution in [2.24, 2.45) is 5.92 Å². The molecule has 0 aromatic heterocycles. The zero-order chi connectivity index (χ0) is 13.1. The quantitative estimate of drug-likeness (QED) is 0.824. The molecule has 1 fully saturated rings. The molecular formula is C14H23Cl2N3O. The van der Waals surface area contributed by atoms with E-state index in [2.05, 4.69) is 17.3 Å². The third-order valence-corrected chi connectivity index (χ3v) is 3.61. The van der Waals surface area contributed by atoms with E-state index in [-0.39, 0.29) is 36.6 Å². The van der Waals surface area contributed by atoms with Crippen molar-refractivity contribution in [3.8, 4) is 0 Å². The van der Waals surface area contributed by atoms with Crippen molar-refractivity contribution in [2.75, 3.05) is 31.2 Å². The fourth-order valence-electron chi connectivity index (χ4n) is 2.28. The van der Waals surface area contributed by atoms with Crippen LogP contribution in [-0.4, -0.2) is 30.9 Å². The number of hydrogen-bond acceptors (Lipinski definition) is 3. The van der Waals surface area contributed by atoms with Gasteiger partial charge in [-0.05, 0) is 57.6 Å². The van der Waals surface area contributed by atoms with Gasteiger partial charge < -0.3 is 16.0 Å². The molecule has 0 bridgehead atoms. The molecule has 114 valence electrons. The van der Waals surface area contributed by atoms with E-state index in [0.29, 0.717) is 5.69 Å². The highest BCUT2D eigenvalue weighted by atomic mass is 35.5. The first kappa shape index (κ1) is 19.0. The monoisotopic (exact) mass is 319 g/mol. The van der Waals surface area contributed by atoms with Crippen molar-refractivity contribution in [2.45, 2.75) is 19.8 Å². The summed E-state index contributed by atoms with van der Waals surface area (Å²) < 4.78 is 0. The lowest BCUT2D eigenvalue weighted by Crippen LogP contribution is -2.36. The number of amides is 1. The molecule has 1 aromatic carbocycles. The minimum absolute atomic E-state index is 0. The first-order chi connectivity index (χ1) is 8.56. The molecule has 1 aromatic rings. The Morgan fingerprint density at radius 1 is 1.30 bits per heavy atom. The van der Waals surface area contributed by atoms with Gasteiger partial charge in [-0.3, -0.25) is 4.79 Å². The Kier molecular flexibility index (Phi) is 7.94. The molecule has 0 unspecified atom stereocenters. The molecule has 0 saturated carbocycles. The predicted molar refractivity (Wildman–Crippen MR) is 88.9 cm³/mol. The van der Waals surface area contributed by atoms with E-state index in [1.165, 1.54) is 0 Å². The number of nitrogen functional groups attached to an aromatic ring is 1. The fourth-order valence-corrected chi connectivity index (χ4v) is 2.28. The third kappa shape index (κ3) is 4.85. The molecule has 0 aliphatic carbocycles. The molecule has 1 amide bonds. The topological polar surface area (TPSA) is 58.4 Å². The Bertz CT molecular complexity index is 446. The van der Waals surface area contributed by atoms with Crippen LogP contribution in [0.25, 0.3) is 0 Å². The summed E-state index contributed by atoms with van der Waals surface area (Å²) >= 11 is 0. The van der Waals surface area contributed by atoms with Gasteiger partial charge in [-0.25, -0.2) is 0 Å². The third-order valence-electron chi connectivity index (χ3n) is 3.61. The second-order valence-corrected chi connectivity index (χ2v) is 5.14. The molecule has 0 atom stereocenters. The van der Waals surface area contributed by atoms with Crippen LogP contribution in [0.2, 0.25) is 0 Å². The summed E-state index contributed by atoms with van der Waals surface area (Å²) in [6.07, 6.45) is 1.87. The Hall–Kier alpha value is -0.970. The molecule has 0 radical (unpaired) electrons. The van der Waals surface area contributed by atoms with Crippen LogP contribution >= 0.6 is 24.8 Å². The smallest absolute Gasteiger partial charge is 0.227 e.